The summed E-state index contributed by atoms with van der Waals surface area (Å²) in [7, 11) is 0. The summed E-state index contributed by atoms with van der Waals surface area (Å²) < 4.78 is 0. The Morgan fingerprint density at radius 1 is 1.46 bits per heavy atom. The van der Waals surface area contributed by atoms with Gasteiger partial charge in [0, 0.05) is 0 Å². The molecule has 4 nitrogen and oxygen atoms in total. The van der Waals surface area contributed by atoms with E-state index in [9.17, 15) is 9.90 Å². The van der Waals surface area contributed by atoms with Gasteiger partial charge in [0.25, 0.3) is 0 Å². The van der Waals surface area contributed by atoms with Crippen LogP contribution in [0.2, 0.25) is 0 Å². The van der Waals surface area contributed by atoms with Crippen LogP contribution in [-0.4, -0.2) is 17.1 Å². The van der Waals surface area contributed by atoms with E-state index in [-0.39, 0.29) is 17.4 Å². The zero-order valence-corrected chi connectivity index (χ0v) is 7.32. The van der Waals surface area contributed by atoms with E-state index in [0.29, 0.717) is 0 Å². The summed E-state index contributed by atoms with van der Waals surface area (Å²) in [6, 6.07) is 5.72. The van der Waals surface area contributed by atoms with E-state index in [4.69, 9.17) is 11.6 Å². The molecule has 0 amide bonds. The number of phenolic OH excluding ortho intramolecular Hbond substituents is 1. The molecule has 1 rings (SSSR count). The number of aromatic hydroxyl groups is 1. The third-order valence-corrected chi connectivity index (χ3v) is 1.39. The van der Waals surface area contributed by atoms with E-state index >= 15 is 0 Å². The SMILES string of the molecule is O=C(OOCCl)c1ccccc1O. The van der Waals surface area contributed by atoms with Gasteiger partial charge in [0.1, 0.15) is 11.3 Å². The normalized spacial score (nSPS) is 9.62. The maximum atomic E-state index is 11.1. The lowest BCUT2D eigenvalue weighted by Gasteiger charge is -2.01. The molecule has 0 aliphatic rings. The van der Waals surface area contributed by atoms with Crippen molar-refractivity contribution in [3.05, 3.63) is 29.8 Å². The van der Waals surface area contributed by atoms with Gasteiger partial charge in [-0.2, -0.15) is 4.89 Å². The molecule has 0 unspecified atom stereocenters. The molecular formula is C8H7ClO4. The van der Waals surface area contributed by atoms with Crippen LogP contribution in [0.3, 0.4) is 0 Å². The van der Waals surface area contributed by atoms with Gasteiger partial charge in [-0.3, -0.25) is 4.89 Å². The Bertz CT molecular complexity index is 300. The second kappa shape index (κ2) is 4.69. The van der Waals surface area contributed by atoms with E-state index in [0.717, 1.165) is 0 Å². The molecule has 5 heteroatoms. The number of benzene rings is 1. The zero-order chi connectivity index (χ0) is 9.68. The monoisotopic (exact) mass is 202 g/mol. The average Bonchev–Trinajstić information content (AvgIpc) is 2.15. The largest absolute Gasteiger partial charge is 0.507 e. The van der Waals surface area contributed by atoms with Gasteiger partial charge in [-0.05, 0) is 12.1 Å². The number of carbonyl (C=O) groups is 1. The van der Waals surface area contributed by atoms with Crippen LogP contribution in [0.5, 0.6) is 5.75 Å². The molecule has 0 radical (unpaired) electrons. The number of phenols is 1. The van der Waals surface area contributed by atoms with E-state index in [1.165, 1.54) is 12.1 Å². The Labute approximate surface area is 79.6 Å². The first-order valence-corrected chi connectivity index (χ1v) is 3.97. The van der Waals surface area contributed by atoms with Crippen LogP contribution < -0.4 is 0 Å². The zero-order valence-electron chi connectivity index (χ0n) is 6.57. The Morgan fingerprint density at radius 2 is 2.15 bits per heavy atom. The van der Waals surface area contributed by atoms with Crippen molar-refractivity contribution in [2.75, 3.05) is 6.07 Å². The number of rotatable bonds is 3. The van der Waals surface area contributed by atoms with Crippen LogP contribution in [0.15, 0.2) is 24.3 Å². The van der Waals surface area contributed by atoms with Crippen molar-refractivity contribution >= 4 is 17.6 Å². The highest BCUT2D eigenvalue weighted by atomic mass is 35.5. The lowest BCUT2D eigenvalue weighted by Crippen LogP contribution is -2.05. The highest BCUT2D eigenvalue weighted by Gasteiger charge is 2.12. The van der Waals surface area contributed by atoms with Crippen molar-refractivity contribution in [3.63, 3.8) is 0 Å². The molecule has 0 aromatic heterocycles. The molecule has 0 heterocycles. The molecule has 1 aromatic rings. The fourth-order valence-corrected chi connectivity index (χ4v) is 0.811. The van der Waals surface area contributed by atoms with Gasteiger partial charge < -0.3 is 5.11 Å². The number of hydrogen-bond donors (Lipinski definition) is 1. The lowest BCUT2D eigenvalue weighted by molar-refractivity contribution is -0.224. The van der Waals surface area contributed by atoms with Crippen molar-refractivity contribution in [2.24, 2.45) is 0 Å². The Balaban J connectivity index is 2.71. The van der Waals surface area contributed by atoms with Crippen LogP contribution in [-0.2, 0) is 9.78 Å². The maximum Gasteiger partial charge on any atom is 0.376 e. The smallest absolute Gasteiger partial charge is 0.376 e. The van der Waals surface area contributed by atoms with Crippen LogP contribution in [0.1, 0.15) is 10.4 Å². The molecule has 1 N–H and O–H groups in total. The van der Waals surface area contributed by atoms with Gasteiger partial charge in [-0.25, -0.2) is 4.79 Å². The summed E-state index contributed by atoms with van der Waals surface area (Å²) in [4.78, 5) is 19.5. The number of carbonyl (C=O) groups excluding carboxylic acids is 1. The average molecular weight is 203 g/mol. The third-order valence-electron chi connectivity index (χ3n) is 1.30. The first kappa shape index (κ1) is 9.83. The predicted molar refractivity (Wildman–Crippen MR) is 45.3 cm³/mol. The minimum Gasteiger partial charge on any atom is -0.507 e. The van der Waals surface area contributed by atoms with Crippen LogP contribution in [0.25, 0.3) is 0 Å². The third kappa shape index (κ3) is 2.61. The summed E-state index contributed by atoms with van der Waals surface area (Å²) in [5.41, 5.74) is 0.0348. The fraction of sp³-hybridized carbons (Fsp3) is 0.125. The summed E-state index contributed by atoms with van der Waals surface area (Å²) in [5, 5.41) is 9.19. The van der Waals surface area contributed by atoms with Crippen LogP contribution >= 0.6 is 11.6 Å². The van der Waals surface area contributed by atoms with E-state index in [1.54, 1.807) is 12.1 Å². The Hall–Kier alpha value is -1.26. The lowest BCUT2D eigenvalue weighted by atomic mass is 10.2. The number of hydrogen-bond acceptors (Lipinski definition) is 4. The van der Waals surface area contributed by atoms with Crippen molar-refractivity contribution < 1.29 is 19.7 Å². The molecule has 70 valence electrons. The second-order valence-corrected chi connectivity index (χ2v) is 2.33. The molecule has 0 saturated heterocycles. The Morgan fingerprint density at radius 3 is 2.77 bits per heavy atom. The number of para-hydroxylation sites is 1. The van der Waals surface area contributed by atoms with E-state index < -0.39 is 5.97 Å². The summed E-state index contributed by atoms with van der Waals surface area (Å²) in [6.07, 6.45) is 0. The molecule has 0 atom stereocenters. The van der Waals surface area contributed by atoms with Crippen molar-refractivity contribution in [3.8, 4) is 5.75 Å². The van der Waals surface area contributed by atoms with Crippen LogP contribution in [0.4, 0.5) is 0 Å². The van der Waals surface area contributed by atoms with Gasteiger partial charge >= 0.3 is 5.97 Å². The highest BCUT2D eigenvalue weighted by Crippen LogP contribution is 2.16. The molecule has 0 aliphatic heterocycles. The summed E-state index contributed by atoms with van der Waals surface area (Å²) in [6.45, 7) is 0. The summed E-state index contributed by atoms with van der Waals surface area (Å²) >= 11 is 5.11. The van der Waals surface area contributed by atoms with Crippen molar-refractivity contribution in [1.82, 2.24) is 0 Å². The van der Waals surface area contributed by atoms with Crippen molar-refractivity contribution in [2.45, 2.75) is 0 Å². The molecule has 0 fully saturated rings. The topological polar surface area (TPSA) is 55.8 Å². The van der Waals surface area contributed by atoms with Crippen molar-refractivity contribution in [1.29, 1.82) is 0 Å². The molecule has 13 heavy (non-hydrogen) atoms. The quantitative estimate of drug-likeness (QED) is 0.460. The van der Waals surface area contributed by atoms with Gasteiger partial charge in [0.2, 0.25) is 0 Å². The highest BCUT2D eigenvalue weighted by molar-refractivity contribution is 6.17. The predicted octanol–water partition coefficient (Wildman–Crippen LogP) is 1.68. The van der Waals surface area contributed by atoms with Crippen LogP contribution in [0, 0.1) is 0 Å². The van der Waals surface area contributed by atoms with Gasteiger partial charge in [0.15, 0.2) is 6.07 Å². The van der Waals surface area contributed by atoms with Gasteiger partial charge in [-0.15, -0.1) is 0 Å². The molecule has 0 saturated carbocycles. The minimum absolute atomic E-state index is 0.0348. The minimum atomic E-state index is -0.779. The first-order chi connectivity index (χ1) is 6.25. The summed E-state index contributed by atoms with van der Waals surface area (Å²) in [5.74, 6) is -0.940. The maximum absolute atomic E-state index is 11.1. The number of alkyl halides is 1. The second-order valence-electron chi connectivity index (χ2n) is 2.11. The van der Waals surface area contributed by atoms with E-state index in [1.807, 2.05) is 0 Å². The Kier molecular flexibility index (Phi) is 3.54. The standard InChI is InChI=1S/C8H7ClO4/c9-5-12-13-8(11)6-3-1-2-4-7(6)10/h1-4,10H,5H2. The molecule has 1 aromatic carbocycles. The molecule has 0 aliphatic carbocycles. The molecule has 0 spiro atoms. The van der Waals surface area contributed by atoms with E-state index in [2.05, 4.69) is 9.78 Å². The number of halogens is 1. The van der Waals surface area contributed by atoms with Gasteiger partial charge in [0.05, 0.1) is 0 Å². The first-order valence-electron chi connectivity index (χ1n) is 3.43. The fourth-order valence-electron chi connectivity index (χ4n) is 0.767. The van der Waals surface area contributed by atoms with Gasteiger partial charge in [-0.1, -0.05) is 23.7 Å². The molecular weight excluding hydrogens is 196 g/mol. The molecule has 0 bridgehead atoms.